The standard InChI is InChI=1S/C15H23NO2S/c1-11-3-5-13(6-4-11)15(16)12(2)19(17)14-7-9-18-10-8-14/h3-6,12,14-15H,7-10,16H2,1-2H3. The van der Waals surface area contributed by atoms with Crippen LogP contribution >= 0.6 is 0 Å². The van der Waals surface area contributed by atoms with Crippen LogP contribution in [0.15, 0.2) is 24.3 Å². The maximum atomic E-state index is 12.6. The Balaban J connectivity index is 2.03. The lowest BCUT2D eigenvalue weighted by atomic mass is 10.0. The first-order valence-corrected chi connectivity index (χ1v) is 8.16. The number of ether oxygens (including phenoxy) is 1. The highest BCUT2D eigenvalue weighted by molar-refractivity contribution is 7.86. The normalized spacial score (nSPS) is 21.8. The van der Waals surface area contributed by atoms with Gasteiger partial charge in [-0.1, -0.05) is 29.8 Å². The summed E-state index contributed by atoms with van der Waals surface area (Å²) in [5.41, 5.74) is 8.56. The van der Waals surface area contributed by atoms with Crippen molar-refractivity contribution in [2.24, 2.45) is 5.73 Å². The molecule has 1 aliphatic heterocycles. The number of aryl methyl sites for hydroxylation is 1. The third kappa shape index (κ3) is 3.65. The van der Waals surface area contributed by atoms with Crippen LogP contribution in [0.25, 0.3) is 0 Å². The fourth-order valence-electron chi connectivity index (χ4n) is 2.42. The van der Waals surface area contributed by atoms with E-state index in [1.165, 1.54) is 5.56 Å². The minimum atomic E-state index is -0.892. The summed E-state index contributed by atoms with van der Waals surface area (Å²) in [5, 5.41) is 0.214. The van der Waals surface area contributed by atoms with Crippen LogP contribution in [-0.4, -0.2) is 27.9 Å². The lowest BCUT2D eigenvalue weighted by Gasteiger charge is -2.27. The van der Waals surface area contributed by atoms with Crippen molar-refractivity contribution in [3.05, 3.63) is 35.4 Å². The first kappa shape index (κ1) is 14.7. The molecule has 19 heavy (non-hydrogen) atoms. The van der Waals surface area contributed by atoms with E-state index in [1.807, 2.05) is 19.1 Å². The van der Waals surface area contributed by atoms with E-state index in [4.69, 9.17) is 10.5 Å². The van der Waals surface area contributed by atoms with Gasteiger partial charge < -0.3 is 10.5 Å². The molecule has 1 heterocycles. The number of nitrogens with two attached hydrogens (primary N) is 1. The number of rotatable bonds is 4. The molecule has 0 spiro atoms. The minimum absolute atomic E-state index is 0.0224. The molecule has 2 N–H and O–H groups in total. The van der Waals surface area contributed by atoms with Gasteiger partial charge >= 0.3 is 0 Å². The Morgan fingerprint density at radius 3 is 2.42 bits per heavy atom. The summed E-state index contributed by atoms with van der Waals surface area (Å²) in [7, 11) is -0.892. The summed E-state index contributed by atoms with van der Waals surface area (Å²) in [6.45, 7) is 5.50. The third-order valence-electron chi connectivity index (χ3n) is 3.83. The zero-order chi connectivity index (χ0) is 13.8. The topological polar surface area (TPSA) is 52.3 Å². The summed E-state index contributed by atoms with van der Waals surface area (Å²) >= 11 is 0. The van der Waals surface area contributed by atoms with Crippen LogP contribution in [0.2, 0.25) is 0 Å². The second-order valence-corrected chi connectivity index (χ2v) is 7.35. The molecule has 1 fully saturated rings. The van der Waals surface area contributed by atoms with Crippen molar-refractivity contribution in [2.45, 2.75) is 43.2 Å². The molecule has 0 saturated carbocycles. The van der Waals surface area contributed by atoms with Crippen LogP contribution in [0.1, 0.15) is 36.9 Å². The number of benzene rings is 1. The van der Waals surface area contributed by atoms with Gasteiger partial charge in [0.15, 0.2) is 0 Å². The summed E-state index contributed by atoms with van der Waals surface area (Å²) in [6, 6.07) is 8.03. The van der Waals surface area contributed by atoms with Crippen molar-refractivity contribution in [1.29, 1.82) is 0 Å². The zero-order valence-electron chi connectivity index (χ0n) is 11.7. The van der Waals surface area contributed by atoms with Crippen molar-refractivity contribution in [2.75, 3.05) is 13.2 Å². The van der Waals surface area contributed by atoms with Gasteiger partial charge in [0.05, 0.1) is 5.25 Å². The molecule has 0 bridgehead atoms. The molecule has 0 amide bonds. The van der Waals surface area contributed by atoms with Crippen molar-refractivity contribution in [3.8, 4) is 0 Å². The van der Waals surface area contributed by atoms with Gasteiger partial charge in [-0.3, -0.25) is 4.21 Å². The maximum Gasteiger partial charge on any atom is 0.0515 e. The van der Waals surface area contributed by atoms with Crippen molar-refractivity contribution >= 4 is 10.8 Å². The van der Waals surface area contributed by atoms with Gasteiger partial charge in [-0.25, -0.2) is 0 Å². The Bertz CT molecular complexity index is 426. The Hall–Kier alpha value is -0.710. The zero-order valence-corrected chi connectivity index (χ0v) is 12.5. The van der Waals surface area contributed by atoms with Crippen LogP contribution in [0, 0.1) is 6.92 Å². The monoisotopic (exact) mass is 281 g/mol. The van der Waals surface area contributed by atoms with Crippen LogP contribution in [0.5, 0.6) is 0 Å². The molecule has 0 aliphatic carbocycles. The Labute approximate surface area is 118 Å². The number of hydrogen-bond acceptors (Lipinski definition) is 3. The molecular formula is C15H23NO2S. The van der Waals surface area contributed by atoms with Gasteiger partial charge in [0.1, 0.15) is 0 Å². The molecule has 1 saturated heterocycles. The largest absolute Gasteiger partial charge is 0.381 e. The summed E-state index contributed by atoms with van der Waals surface area (Å²) in [4.78, 5) is 0. The first-order valence-electron chi connectivity index (χ1n) is 6.89. The quantitative estimate of drug-likeness (QED) is 0.921. The van der Waals surface area contributed by atoms with E-state index in [2.05, 4.69) is 19.1 Å². The molecular weight excluding hydrogens is 258 g/mol. The highest BCUT2D eigenvalue weighted by Gasteiger charge is 2.28. The molecule has 4 heteroatoms. The van der Waals surface area contributed by atoms with E-state index < -0.39 is 10.8 Å². The Kier molecular flexibility index (Phi) is 5.13. The molecule has 1 aliphatic rings. The maximum absolute atomic E-state index is 12.6. The van der Waals surface area contributed by atoms with Crippen molar-refractivity contribution < 1.29 is 8.95 Å². The lowest BCUT2D eigenvalue weighted by Crippen LogP contribution is -2.36. The van der Waals surface area contributed by atoms with Crippen molar-refractivity contribution in [3.63, 3.8) is 0 Å². The van der Waals surface area contributed by atoms with Gasteiger partial charge in [0, 0.05) is 35.3 Å². The van der Waals surface area contributed by atoms with Crippen LogP contribution in [0.3, 0.4) is 0 Å². The van der Waals surface area contributed by atoms with E-state index in [1.54, 1.807) is 0 Å². The molecule has 106 valence electrons. The molecule has 1 aromatic rings. The predicted molar refractivity (Wildman–Crippen MR) is 79.6 cm³/mol. The molecule has 1 aromatic carbocycles. The third-order valence-corrected chi connectivity index (χ3v) is 5.99. The minimum Gasteiger partial charge on any atom is -0.381 e. The first-order chi connectivity index (χ1) is 9.09. The second kappa shape index (κ2) is 6.64. The smallest absolute Gasteiger partial charge is 0.0515 e. The van der Waals surface area contributed by atoms with Crippen molar-refractivity contribution in [1.82, 2.24) is 0 Å². The lowest BCUT2D eigenvalue weighted by molar-refractivity contribution is 0.0990. The average molecular weight is 281 g/mol. The van der Waals surface area contributed by atoms with Gasteiger partial charge in [0.25, 0.3) is 0 Å². The molecule has 3 unspecified atom stereocenters. The van der Waals surface area contributed by atoms with E-state index in [0.717, 1.165) is 31.6 Å². The van der Waals surface area contributed by atoms with E-state index in [0.29, 0.717) is 0 Å². The van der Waals surface area contributed by atoms with Crippen LogP contribution in [0.4, 0.5) is 0 Å². The van der Waals surface area contributed by atoms with Gasteiger partial charge in [-0.15, -0.1) is 0 Å². The molecule has 0 aromatic heterocycles. The summed E-state index contributed by atoms with van der Waals surface area (Å²) in [5.74, 6) is 0. The summed E-state index contributed by atoms with van der Waals surface area (Å²) in [6.07, 6.45) is 1.77. The summed E-state index contributed by atoms with van der Waals surface area (Å²) < 4.78 is 17.9. The van der Waals surface area contributed by atoms with E-state index in [-0.39, 0.29) is 16.5 Å². The van der Waals surface area contributed by atoms with Gasteiger partial charge in [0.2, 0.25) is 0 Å². The van der Waals surface area contributed by atoms with E-state index in [9.17, 15) is 4.21 Å². The van der Waals surface area contributed by atoms with Gasteiger partial charge in [-0.2, -0.15) is 0 Å². The van der Waals surface area contributed by atoms with E-state index >= 15 is 0 Å². The molecule has 0 radical (unpaired) electrons. The highest BCUT2D eigenvalue weighted by atomic mass is 32.2. The van der Waals surface area contributed by atoms with Gasteiger partial charge in [-0.05, 0) is 32.3 Å². The second-order valence-electron chi connectivity index (χ2n) is 5.28. The fourth-order valence-corrected chi connectivity index (χ4v) is 4.13. The SMILES string of the molecule is Cc1ccc(C(N)C(C)S(=O)C2CCOCC2)cc1. The molecule has 2 rings (SSSR count). The van der Waals surface area contributed by atoms with Crippen LogP contribution < -0.4 is 5.73 Å². The fraction of sp³-hybridized carbons (Fsp3) is 0.600. The molecule has 3 nitrogen and oxygen atoms in total. The molecule has 3 atom stereocenters. The van der Waals surface area contributed by atoms with Crippen LogP contribution in [-0.2, 0) is 15.5 Å². The predicted octanol–water partition coefficient (Wildman–Crippen LogP) is 2.31. The number of hydrogen-bond donors (Lipinski definition) is 1. The Morgan fingerprint density at radius 1 is 1.26 bits per heavy atom. The average Bonchev–Trinajstić information content (AvgIpc) is 2.46. The Morgan fingerprint density at radius 2 is 1.84 bits per heavy atom. The highest BCUT2D eigenvalue weighted by Crippen LogP contribution is 2.24.